The Balaban J connectivity index is 1.07. The Morgan fingerprint density at radius 3 is 2.22 bits per heavy atom. The third kappa shape index (κ3) is 7.49. The molecular weight excluding hydrogens is 616 g/mol. The average Bonchev–Trinajstić information content (AvgIpc) is 3.46. The number of carboxylic acid groups (broad SMARTS) is 1. The number of hydrogen-bond donors (Lipinski definition) is 1. The fraction of sp³-hybridized carbons (Fsp3) is 0.359. The first-order valence-corrected chi connectivity index (χ1v) is 17.2. The predicted octanol–water partition coefficient (Wildman–Crippen LogP) is 6.69. The Hall–Kier alpha value is -5.09. The third-order valence-corrected chi connectivity index (χ3v) is 9.88. The molecule has 0 saturated carbocycles. The zero-order chi connectivity index (χ0) is 33.7. The zero-order valence-electron chi connectivity index (χ0n) is 28.2. The van der Waals surface area contributed by atoms with Crippen molar-refractivity contribution in [2.24, 2.45) is 13.0 Å². The molecule has 2 aromatic heterocycles. The van der Waals surface area contributed by atoms with Crippen LogP contribution < -0.4 is 14.4 Å². The van der Waals surface area contributed by atoms with Crippen LogP contribution in [-0.4, -0.2) is 81.1 Å². The van der Waals surface area contributed by atoms with Gasteiger partial charge in [-0.1, -0.05) is 60.7 Å². The van der Waals surface area contributed by atoms with Crippen molar-refractivity contribution in [3.05, 3.63) is 102 Å². The molecule has 10 nitrogen and oxygen atoms in total. The number of amides is 1. The number of piperazine rings is 1. The largest absolute Gasteiger partial charge is 0.473 e. The first-order valence-electron chi connectivity index (χ1n) is 17.2. The minimum absolute atomic E-state index is 0.252. The fourth-order valence-electron chi connectivity index (χ4n) is 7.04. The van der Waals surface area contributed by atoms with Crippen molar-refractivity contribution >= 4 is 22.7 Å². The predicted molar refractivity (Wildman–Crippen MR) is 191 cm³/mol. The maximum absolute atomic E-state index is 11.4. The van der Waals surface area contributed by atoms with Crippen LogP contribution in [0.15, 0.2) is 91.0 Å². The van der Waals surface area contributed by atoms with Crippen LogP contribution in [0.25, 0.3) is 22.2 Å². The van der Waals surface area contributed by atoms with Gasteiger partial charge in [0, 0.05) is 69.5 Å². The van der Waals surface area contributed by atoms with Gasteiger partial charge in [-0.15, -0.1) is 0 Å². The highest BCUT2D eigenvalue weighted by Gasteiger charge is 2.30. The summed E-state index contributed by atoms with van der Waals surface area (Å²) in [4.78, 5) is 22.7. The lowest BCUT2D eigenvalue weighted by Crippen LogP contribution is -2.54. The number of hydrogen-bond acceptors (Lipinski definition) is 7. The summed E-state index contributed by atoms with van der Waals surface area (Å²) in [6.45, 7) is 7.96. The minimum atomic E-state index is -0.812. The number of rotatable bonds is 10. The van der Waals surface area contributed by atoms with Crippen molar-refractivity contribution in [3.63, 3.8) is 0 Å². The van der Waals surface area contributed by atoms with E-state index in [1.165, 1.54) is 10.6 Å². The molecule has 1 amide bonds. The van der Waals surface area contributed by atoms with Gasteiger partial charge >= 0.3 is 6.09 Å². The van der Waals surface area contributed by atoms with Crippen molar-refractivity contribution in [1.82, 2.24) is 24.6 Å². The molecular formula is C39H44N6O4. The first kappa shape index (κ1) is 32.5. The van der Waals surface area contributed by atoms with E-state index in [4.69, 9.17) is 19.6 Å². The van der Waals surface area contributed by atoms with E-state index in [1.54, 1.807) is 0 Å². The Bertz CT molecular complexity index is 1870. The van der Waals surface area contributed by atoms with Gasteiger partial charge in [0.2, 0.25) is 11.8 Å². The molecule has 0 spiro atoms. The Labute approximate surface area is 287 Å². The SMILES string of the molecule is C[C@H]1CN(C(=O)O)CCN1CC1CCN(c2ccc3c(-c4ccc(OCc5ccccc5)nc4OCc4ccccc4)nn(C)c3c2)CC1. The van der Waals surface area contributed by atoms with Crippen LogP contribution in [0.1, 0.15) is 30.9 Å². The lowest BCUT2D eigenvalue weighted by Gasteiger charge is -2.42. The molecule has 4 heterocycles. The number of benzene rings is 3. The summed E-state index contributed by atoms with van der Waals surface area (Å²) in [7, 11) is 1.99. The highest BCUT2D eigenvalue weighted by molar-refractivity contribution is 5.96. The number of fused-ring (bicyclic) bond motifs is 1. The molecule has 0 bridgehead atoms. The topological polar surface area (TPSA) is 96.2 Å². The minimum Gasteiger partial charge on any atom is -0.473 e. The number of carbonyl (C=O) groups is 1. The zero-order valence-corrected chi connectivity index (χ0v) is 28.2. The summed E-state index contributed by atoms with van der Waals surface area (Å²) >= 11 is 0. The van der Waals surface area contributed by atoms with Crippen molar-refractivity contribution in [2.45, 2.75) is 39.0 Å². The molecule has 0 radical (unpaired) electrons. The molecule has 49 heavy (non-hydrogen) atoms. The van der Waals surface area contributed by atoms with Gasteiger partial charge in [0.1, 0.15) is 18.9 Å². The Morgan fingerprint density at radius 2 is 1.55 bits per heavy atom. The summed E-state index contributed by atoms with van der Waals surface area (Å²) in [6, 6.07) is 30.9. The molecule has 0 unspecified atom stereocenters. The molecule has 3 aromatic carbocycles. The summed E-state index contributed by atoms with van der Waals surface area (Å²) in [5.41, 5.74) is 6.03. The second-order valence-corrected chi connectivity index (χ2v) is 13.2. The Morgan fingerprint density at radius 1 is 0.857 bits per heavy atom. The smallest absolute Gasteiger partial charge is 0.407 e. The number of piperidine rings is 1. The van der Waals surface area contributed by atoms with Gasteiger partial charge in [0.25, 0.3) is 0 Å². The van der Waals surface area contributed by atoms with Crippen LogP contribution in [0.5, 0.6) is 11.8 Å². The summed E-state index contributed by atoms with van der Waals surface area (Å²) < 4.78 is 14.4. The molecule has 2 fully saturated rings. The van der Waals surface area contributed by atoms with E-state index in [1.807, 2.05) is 84.5 Å². The quantitative estimate of drug-likeness (QED) is 0.177. The van der Waals surface area contributed by atoms with Crippen molar-refractivity contribution in [2.75, 3.05) is 44.2 Å². The normalized spacial score (nSPS) is 17.4. The molecule has 0 aliphatic carbocycles. The van der Waals surface area contributed by atoms with E-state index in [0.717, 1.165) is 72.3 Å². The van der Waals surface area contributed by atoms with Crippen LogP contribution >= 0.6 is 0 Å². The van der Waals surface area contributed by atoms with Crippen molar-refractivity contribution in [1.29, 1.82) is 0 Å². The van der Waals surface area contributed by atoms with E-state index >= 15 is 0 Å². The number of aromatic nitrogens is 3. The van der Waals surface area contributed by atoms with E-state index in [0.29, 0.717) is 44.0 Å². The number of pyridine rings is 1. The standard InChI is InChI=1S/C39H44N6O4/c1-28-24-45(39(46)47)22-21-44(28)25-29-17-19-43(20-18-29)32-13-14-33-35(23-32)42(2)41-37(33)34-15-16-36(48-26-30-9-5-3-6-10-30)40-38(34)49-27-31-11-7-4-8-12-31/h3-16,23,28-29H,17-22,24-27H2,1-2H3,(H,46,47)/t28-/m0/s1. The Kier molecular flexibility index (Phi) is 9.65. The van der Waals surface area contributed by atoms with E-state index in [2.05, 4.69) is 34.9 Å². The molecule has 2 aliphatic heterocycles. The van der Waals surface area contributed by atoms with E-state index < -0.39 is 6.09 Å². The maximum atomic E-state index is 11.4. The van der Waals surface area contributed by atoms with Gasteiger partial charge in [0.15, 0.2) is 0 Å². The number of nitrogens with zero attached hydrogens (tertiary/aromatic N) is 6. The second kappa shape index (κ2) is 14.6. The van der Waals surface area contributed by atoms with Gasteiger partial charge in [-0.25, -0.2) is 4.79 Å². The van der Waals surface area contributed by atoms with Gasteiger partial charge in [0.05, 0.1) is 11.1 Å². The molecule has 7 rings (SSSR count). The molecule has 2 saturated heterocycles. The first-order chi connectivity index (χ1) is 23.9. The van der Waals surface area contributed by atoms with Crippen molar-refractivity contribution in [3.8, 4) is 23.0 Å². The van der Waals surface area contributed by atoms with Gasteiger partial charge < -0.3 is 24.4 Å². The van der Waals surface area contributed by atoms with Gasteiger partial charge in [-0.3, -0.25) is 9.58 Å². The van der Waals surface area contributed by atoms with E-state index in [-0.39, 0.29) is 6.04 Å². The van der Waals surface area contributed by atoms with Crippen LogP contribution in [0.2, 0.25) is 0 Å². The molecule has 254 valence electrons. The monoisotopic (exact) mass is 660 g/mol. The fourth-order valence-corrected chi connectivity index (χ4v) is 7.04. The lowest BCUT2D eigenvalue weighted by atomic mass is 9.94. The average molecular weight is 661 g/mol. The molecule has 1 atom stereocenters. The lowest BCUT2D eigenvalue weighted by molar-refractivity contribution is 0.0632. The summed E-state index contributed by atoms with van der Waals surface area (Å²) in [5, 5.41) is 15.4. The van der Waals surface area contributed by atoms with Crippen molar-refractivity contribution < 1.29 is 19.4 Å². The van der Waals surface area contributed by atoms with Crippen LogP contribution in [0.3, 0.4) is 0 Å². The molecule has 1 N–H and O–H groups in total. The third-order valence-electron chi connectivity index (χ3n) is 9.88. The second-order valence-electron chi connectivity index (χ2n) is 13.2. The van der Waals surface area contributed by atoms with E-state index in [9.17, 15) is 9.90 Å². The maximum Gasteiger partial charge on any atom is 0.407 e. The van der Waals surface area contributed by atoms with Crippen LogP contribution in [0.4, 0.5) is 10.5 Å². The molecule has 10 heteroatoms. The highest BCUT2D eigenvalue weighted by atomic mass is 16.5. The number of anilines is 1. The molecule has 2 aliphatic rings. The highest BCUT2D eigenvalue weighted by Crippen LogP contribution is 2.37. The molecule has 5 aromatic rings. The van der Waals surface area contributed by atoms with Crippen LogP contribution in [0, 0.1) is 5.92 Å². The number of aryl methyl sites for hydroxylation is 1. The van der Waals surface area contributed by atoms with Gasteiger partial charge in [-0.05, 0) is 61.1 Å². The summed E-state index contributed by atoms with van der Waals surface area (Å²) in [6.07, 6.45) is 1.42. The summed E-state index contributed by atoms with van der Waals surface area (Å²) in [5.74, 6) is 1.60. The number of ether oxygens (including phenoxy) is 2. The van der Waals surface area contributed by atoms with Gasteiger partial charge in [-0.2, -0.15) is 10.1 Å². The van der Waals surface area contributed by atoms with Crippen LogP contribution in [-0.2, 0) is 20.3 Å².